The summed E-state index contributed by atoms with van der Waals surface area (Å²) in [6.07, 6.45) is 1.54. The van der Waals surface area contributed by atoms with Crippen molar-refractivity contribution in [2.75, 3.05) is 33.7 Å². The van der Waals surface area contributed by atoms with Gasteiger partial charge in [0.2, 0.25) is 0 Å². The second-order valence-electron chi connectivity index (χ2n) is 5.98. The van der Waals surface area contributed by atoms with E-state index in [1.807, 2.05) is 19.0 Å². The van der Waals surface area contributed by atoms with Gasteiger partial charge >= 0.3 is 12.0 Å². The lowest BCUT2D eigenvalue weighted by Crippen LogP contribution is -2.50. The topological polar surface area (TPSA) is 93.1 Å². The summed E-state index contributed by atoms with van der Waals surface area (Å²) in [5, 5.41) is 21.2. The fraction of sp³-hybridized carbons (Fsp3) is 0.846. The van der Waals surface area contributed by atoms with Gasteiger partial charge in [-0.3, -0.25) is 4.79 Å². The highest BCUT2D eigenvalue weighted by Crippen LogP contribution is 2.18. The lowest BCUT2D eigenvalue weighted by molar-refractivity contribution is -0.141. The van der Waals surface area contributed by atoms with Gasteiger partial charge in [0.15, 0.2) is 0 Å². The first kappa shape index (κ1) is 16.7. The number of aliphatic hydroxyl groups is 1. The standard InChI is InChI=1S/C13H25N3O4/c1-13(20,7-11(17)18)9-14-12(19)16-6-4-5-10(16)8-15(2)3/h10,20H,4-9H2,1-3H3,(H,14,19)(H,17,18). The third kappa shape index (κ3) is 5.34. The van der Waals surface area contributed by atoms with Crippen molar-refractivity contribution in [3.05, 3.63) is 0 Å². The van der Waals surface area contributed by atoms with Crippen LogP contribution in [0.15, 0.2) is 0 Å². The SMILES string of the molecule is CN(C)CC1CCCN1C(=O)NCC(C)(O)CC(=O)O. The molecule has 1 fully saturated rings. The number of amides is 2. The van der Waals surface area contributed by atoms with Crippen LogP contribution < -0.4 is 5.32 Å². The molecule has 116 valence electrons. The lowest BCUT2D eigenvalue weighted by atomic mass is 10.0. The Morgan fingerprint density at radius 2 is 2.10 bits per heavy atom. The highest BCUT2D eigenvalue weighted by Gasteiger charge is 2.31. The third-order valence-corrected chi connectivity index (χ3v) is 3.37. The minimum atomic E-state index is -1.43. The van der Waals surface area contributed by atoms with E-state index in [9.17, 15) is 14.7 Å². The third-order valence-electron chi connectivity index (χ3n) is 3.37. The van der Waals surface area contributed by atoms with E-state index in [1.54, 1.807) is 4.90 Å². The minimum absolute atomic E-state index is 0.0662. The molecule has 1 aliphatic heterocycles. The lowest BCUT2D eigenvalue weighted by Gasteiger charge is -2.29. The average Bonchev–Trinajstić information content (AvgIpc) is 2.71. The van der Waals surface area contributed by atoms with Gasteiger partial charge in [-0.15, -0.1) is 0 Å². The van der Waals surface area contributed by atoms with Crippen molar-refractivity contribution in [2.45, 2.75) is 37.8 Å². The summed E-state index contributed by atoms with van der Waals surface area (Å²) in [5.74, 6) is -1.09. The van der Waals surface area contributed by atoms with Crippen LogP contribution in [0.5, 0.6) is 0 Å². The molecule has 0 aromatic rings. The van der Waals surface area contributed by atoms with E-state index in [2.05, 4.69) is 5.32 Å². The fourth-order valence-electron chi connectivity index (χ4n) is 2.47. The Morgan fingerprint density at radius 1 is 1.45 bits per heavy atom. The van der Waals surface area contributed by atoms with Crippen molar-refractivity contribution in [1.82, 2.24) is 15.1 Å². The zero-order valence-corrected chi connectivity index (χ0v) is 12.4. The van der Waals surface area contributed by atoms with Crippen LogP contribution >= 0.6 is 0 Å². The number of aliphatic carboxylic acids is 1. The smallest absolute Gasteiger partial charge is 0.317 e. The van der Waals surface area contributed by atoms with Crippen LogP contribution in [0.4, 0.5) is 4.79 Å². The first-order valence-electron chi connectivity index (χ1n) is 6.84. The van der Waals surface area contributed by atoms with Gasteiger partial charge < -0.3 is 25.3 Å². The number of nitrogens with zero attached hydrogens (tertiary/aromatic N) is 2. The molecule has 0 aliphatic carbocycles. The van der Waals surface area contributed by atoms with Gasteiger partial charge in [-0.1, -0.05) is 0 Å². The zero-order valence-electron chi connectivity index (χ0n) is 12.4. The fourth-order valence-corrected chi connectivity index (χ4v) is 2.47. The molecular formula is C13H25N3O4. The Hall–Kier alpha value is -1.34. The van der Waals surface area contributed by atoms with E-state index < -0.39 is 18.0 Å². The van der Waals surface area contributed by atoms with Crippen LogP contribution in [-0.2, 0) is 4.79 Å². The molecule has 1 aliphatic rings. The molecule has 0 radical (unpaired) electrons. The van der Waals surface area contributed by atoms with Crippen molar-refractivity contribution in [3.8, 4) is 0 Å². The first-order chi connectivity index (χ1) is 9.21. The summed E-state index contributed by atoms with van der Waals surface area (Å²) < 4.78 is 0. The summed E-state index contributed by atoms with van der Waals surface area (Å²) in [6, 6.07) is -0.0607. The Labute approximate surface area is 119 Å². The highest BCUT2D eigenvalue weighted by molar-refractivity contribution is 5.75. The molecule has 0 aromatic carbocycles. The molecule has 1 saturated heterocycles. The maximum atomic E-state index is 12.1. The number of likely N-dealkylation sites (tertiary alicyclic amines) is 1. The van der Waals surface area contributed by atoms with E-state index in [0.717, 1.165) is 19.4 Å². The van der Waals surface area contributed by atoms with E-state index in [1.165, 1.54) is 6.92 Å². The predicted molar refractivity (Wildman–Crippen MR) is 74.6 cm³/mol. The predicted octanol–water partition coefficient (Wildman–Crippen LogP) is -0.0523. The maximum absolute atomic E-state index is 12.1. The molecular weight excluding hydrogens is 262 g/mol. The van der Waals surface area contributed by atoms with Crippen LogP contribution in [0.3, 0.4) is 0 Å². The minimum Gasteiger partial charge on any atom is -0.481 e. The summed E-state index contributed by atoms with van der Waals surface area (Å²) >= 11 is 0. The molecule has 2 amide bonds. The quantitative estimate of drug-likeness (QED) is 0.637. The molecule has 7 heteroatoms. The van der Waals surface area contributed by atoms with Gasteiger partial charge in [0.25, 0.3) is 0 Å². The first-order valence-corrected chi connectivity index (χ1v) is 6.84. The second kappa shape index (κ2) is 6.90. The van der Waals surface area contributed by atoms with E-state index in [0.29, 0.717) is 6.54 Å². The molecule has 3 N–H and O–H groups in total. The van der Waals surface area contributed by atoms with Crippen LogP contribution in [-0.4, -0.2) is 77.4 Å². The number of carboxylic acid groups (broad SMARTS) is 1. The number of hydrogen-bond donors (Lipinski definition) is 3. The van der Waals surface area contributed by atoms with Gasteiger partial charge in [0, 0.05) is 25.7 Å². The van der Waals surface area contributed by atoms with Crippen molar-refractivity contribution in [1.29, 1.82) is 0 Å². The van der Waals surface area contributed by atoms with Gasteiger partial charge in [0.1, 0.15) is 0 Å². The molecule has 1 rings (SSSR count). The second-order valence-corrected chi connectivity index (χ2v) is 5.98. The molecule has 0 bridgehead atoms. The number of likely N-dealkylation sites (N-methyl/N-ethyl adjacent to an activating group) is 1. The molecule has 2 atom stereocenters. The van der Waals surface area contributed by atoms with Crippen LogP contribution in [0, 0.1) is 0 Å². The molecule has 20 heavy (non-hydrogen) atoms. The average molecular weight is 287 g/mol. The summed E-state index contributed by atoms with van der Waals surface area (Å²) in [6.45, 7) is 2.84. The van der Waals surface area contributed by atoms with Crippen molar-refractivity contribution in [3.63, 3.8) is 0 Å². The number of hydrogen-bond acceptors (Lipinski definition) is 4. The summed E-state index contributed by atoms with van der Waals surface area (Å²) in [7, 11) is 3.93. The van der Waals surface area contributed by atoms with E-state index in [4.69, 9.17) is 5.11 Å². The Balaban J connectivity index is 2.47. The van der Waals surface area contributed by atoms with Crippen LogP contribution in [0.2, 0.25) is 0 Å². The van der Waals surface area contributed by atoms with Crippen molar-refractivity contribution < 1.29 is 19.8 Å². The number of rotatable bonds is 6. The number of urea groups is 1. The van der Waals surface area contributed by atoms with Gasteiger partial charge in [-0.05, 0) is 33.9 Å². The summed E-state index contributed by atoms with van der Waals surface area (Å²) in [5.41, 5.74) is -1.43. The summed E-state index contributed by atoms with van der Waals surface area (Å²) in [4.78, 5) is 26.5. The van der Waals surface area contributed by atoms with Gasteiger partial charge in [-0.2, -0.15) is 0 Å². The molecule has 7 nitrogen and oxygen atoms in total. The van der Waals surface area contributed by atoms with Crippen LogP contribution in [0.25, 0.3) is 0 Å². The number of carbonyl (C=O) groups is 2. The van der Waals surface area contributed by atoms with Crippen LogP contribution in [0.1, 0.15) is 26.2 Å². The normalized spacial score (nSPS) is 21.9. The van der Waals surface area contributed by atoms with E-state index in [-0.39, 0.29) is 18.6 Å². The number of nitrogens with one attached hydrogen (secondary N) is 1. The monoisotopic (exact) mass is 287 g/mol. The van der Waals surface area contributed by atoms with Crippen molar-refractivity contribution >= 4 is 12.0 Å². The Bertz CT molecular complexity index is 358. The van der Waals surface area contributed by atoms with E-state index >= 15 is 0 Å². The maximum Gasteiger partial charge on any atom is 0.317 e. The highest BCUT2D eigenvalue weighted by atomic mass is 16.4. The Kier molecular flexibility index (Phi) is 5.76. The van der Waals surface area contributed by atoms with Crippen molar-refractivity contribution in [2.24, 2.45) is 0 Å². The largest absolute Gasteiger partial charge is 0.481 e. The number of carboxylic acids is 1. The molecule has 0 spiro atoms. The zero-order chi connectivity index (χ0) is 15.3. The van der Waals surface area contributed by atoms with Gasteiger partial charge in [-0.25, -0.2) is 4.79 Å². The molecule has 2 unspecified atom stereocenters. The number of carbonyl (C=O) groups excluding carboxylic acids is 1. The molecule has 0 saturated carbocycles. The Morgan fingerprint density at radius 3 is 2.65 bits per heavy atom. The molecule has 1 heterocycles. The van der Waals surface area contributed by atoms with Gasteiger partial charge in [0.05, 0.1) is 12.0 Å². The molecule has 0 aromatic heterocycles.